The number of benzene rings is 1. The van der Waals surface area contributed by atoms with Crippen molar-refractivity contribution < 1.29 is 17.9 Å². The summed E-state index contributed by atoms with van der Waals surface area (Å²) in [6, 6.07) is 5.55. The van der Waals surface area contributed by atoms with Gasteiger partial charge in [0.2, 0.25) is 0 Å². The maximum absolute atomic E-state index is 12.4. The standard InChI is InChI=1S/C14H21NO4S/c1-15-14-12-9-11(19-3)5-4-10(12)8-13(14)20(16,17)7-6-18-2/h4-5,9,13-15H,6-8H2,1-3H3. The largest absolute Gasteiger partial charge is 0.497 e. The van der Waals surface area contributed by atoms with E-state index in [1.807, 2.05) is 18.2 Å². The van der Waals surface area contributed by atoms with E-state index in [-0.39, 0.29) is 18.4 Å². The molecule has 1 N–H and O–H groups in total. The van der Waals surface area contributed by atoms with Crippen LogP contribution in [-0.2, 0) is 21.0 Å². The molecule has 0 fully saturated rings. The summed E-state index contributed by atoms with van der Waals surface area (Å²) in [6.45, 7) is 0.231. The second-order valence-electron chi connectivity index (χ2n) is 4.93. The van der Waals surface area contributed by atoms with E-state index >= 15 is 0 Å². The minimum atomic E-state index is -3.20. The summed E-state index contributed by atoms with van der Waals surface area (Å²) in [5.74, 6) is 0.802. The topological polar surface area (TPSA) is 64.6 Å². The van der Waals surface area contributed by atoms with Crippen molar-refractivity contribution in [1.82, 2.24) is 5.32 Å². The lowest BCUT2D eigenvalue weighted by molar-refractivity contribution is 0.216. The smallest absolute Gasteiger partial charge is 0.157 e. The normalized spacial score (nSPS) is 21.8. The molecule has 112 valence electrons. The predicted octanol–water partition coefficient (Wildman–Crippen LogP) is 0.942. The first kappa shape index (κ1) is 15.3. The molecule has 20 heavy (non-hydrogen) atoms. The zero-order valence-electron chi connectivity index (χ0n) is 12.0. The first-order valence-corrected chi connectivity index (χ1v) is 8.29. The van der Waals surface area contributed by atoms with Crippen molar-refractivity contribution in [2.24, 2.45) is 0 Å². The predicted molar refractivity (Wildman–Crippen MR) is 77.9 cm³/mol. The van der Waals surface area contributed by atoms with Gasteiger partial charge in [-0.25, -0.2) is 8.42 Å². The summed E-state index contributed by atoms with van der Waals surface area (Å²) < 4.78 is 35.0. The van der Waals surface area contributed by atoms with Crippen molar-refractivity contribution in [3.05, 3.63) is 29.3 Å². The van der Waals surface area contributed by atoms with Crippen LogP contribution < -0.4 is 10.1 Å². The Morgan fingerprint density at radius 3 is 2.70 bits per heavy atom. The Balaban J connectivity index is 2.31. The minimum absolute atomic E-state index is 0.0530. The fourth-order valence-corrected chi connectivity index (χ4v) is 4.57. The maximum atomic E-state index is 12.4. The van der Waals surface area contributed by atoms with E-state index in [0.717, 1.165) is 16.9 Å². The van der Waals surface area contributed by atoms with Crippen LogP contribution in [0.15, 0.2) is 18.2 Å². The maximum Gasteiger partial charge on any atom is 0.157 e. The quantitative estimate of drug-likeness (QED) is 0.847. The number of methoxy groups -OCH3 is 2. The van der Waals surface area contributed by atoms with Gasteiger partial charge < -0.3 is 14.8 Å². The Morgan fingerprint density at radius 1 is 1.35 bits per heavy atom. The fraction of sp³-hybridized carbons (Fsp3) is 0.571. The van der Waals surface area contributed by atoms with Gasteiger partial charge in [-0.2, -0.15) is 0 Å². The number of rotatable bonds is 6. The summed E-state index contributed by atoms with van der Waals surface area (Å²) in [6.07, 6.45) is 0.539. The van der Waals surface area contributed by atoms with Gasteiger partial charge in [0.25, 0.3) is 0 Å². The molecule has 0 spiro atoms. The van der Waals surface area contributed by atoms with Gasteiger partial charge in [0, 0.05) is 13.2 Å². The summed E-state index contributed by atoms with van der Waals surface area (Å²) in [5.41, 5.74) is 2.08. The molecular formula is C14H21NO4S. The molecule has 0 heterocycles. The molecule has 6 heteroatoms. The molecule has 0 radical (unpaired) electrons. The van der Waals surface area contributed by atoms with Crippen LogP contribution in [0.25, 0.3) is 0 Å². The zero-order valence-corrected chi connectivity index (χ0v) is 12.9. The van der Waals surface area contributed by atoms with E-state index in [1.54, 1.807) is 14.2 Å². The van der Waals surface area contributed by atoms with E-state index < -0.39 is 15.1 Å². The highest BCUT2D eigenvalue weighted by atomic mass is 32.2. The van der Waals surface area contributed by atoms with E-state index in [0.29, 0.717) is 6.42 Å². The van der Waals surface area contributed by atoms with Gasteiger partial charge in [0.05, 0.1) is 24.7 Å². The lowest BCUT2D eigenvalue weighted by Crippen LogP contribution is -2.35. The Labute approximate surface area is 120 Å². The second-order valence-corrected chi connectivity index (χ2v) is 7.27. The van der Waals surface area contributed by atoms with Crippen LogP contribution in [-0.4, -0.2) is 47.3 Å². The SMILES string of the molecule is CNC1c2cc(OC)ccc2CC1S(=O)(=O)CCOC. The summed E-state index contributed by atoms with van der Waals surface area (Å²) in [4.78, 5) is 0. The van der Waals surface area contributed by atoms with Gasteiger partial charge in [-0.1, -0.05) is 6.07 Å². The average molecular weight is 299 g/mol. The first-order chi connectivity index (χ1) is 9.53. The Kier molecular flexibility index (Phi) is 4.67. The van der Waals surface area contributed by atoms with E-state index in [9.17, 15) is 8.42 Å². The zero-order chi connectivity index (χ0) is 14.8. The molecule has 5 nitrogen and oxygen atoms in total. The van der Waals surface area contributed by atoms with Crippen molar-refractivity contribution in [2.45, 2.75) is 17.7 Å². The molecule has 0 saturated carbocycles. The van der Waals surface area contributed by atoms with Crippen LogP contribution in [0.2, 0.25) is 0 Å². The molecule has 2 rings (SSSR count). The van der Waals surface area contributed by atoms with Crippen molar-refractivity contribution in [3.63, 3.8) is 0 Å². The fourth-order valence-electron chi connectivity index (χ4n) is 2.74. The van der Waals surface area contributed by atoms with Gasteiger partial charge in [-0.3, -0.25) is 0 Å². The van der Waals surface area contributed by atoms with Crippen molar-refractivity contribution in [1.29, 1.82) is 0 Å². The van der Waals surface area contributed by atoms with Gasteiger partial charge in [-0.05, 0) is 36.7 Å². The molecule has 1 aliphatic rings. The van der Waals surface area contributed by atoms with Crippen LogP contribution in [0.4, 0.5) is 0 Å². The van der Waals surface area contributed by atoms with Crippen molar-refractivity contribution in [2.75, 3.05) is 33.6 Å². The molecule has 2 atom stereocenters. The van der Waals surface area contributed by atoms with Crippen LogP contribution in [0, 0.1) is 0 Å². The molecule has 0 aromatic heterocycles. The van der Waals surface area contributed by atoms with E-state index in [1.165, 1.54) is 7.11 Å². The van der Waals surface area contributed by atoms with Crippen LogP contribution in [0.3, 0.4) is 0 Å². The van der Waals surface area contributed by atoms with Crippen molar-refractivity contribution >= 4 is 9.84 Å². The lowest BCUT2D eigenvalue weighted by atomic mass is 10.1. The highest BCUT2D eigenvalue weighted by Gasteiger charge is 2.40. The molecule has 1 aliphatic carbocycles. The number of hydrogen-bond donors (Lipinski definition) is 1. The molecule has 0 bridgehead atoms. The monoisotopic (exact) mass is 299 g/mol. The number of hydrogen-bond acceptors (Lipinski definition) is 5. The summed E-state index contributed by atoms with van der Waals surface area (Å²) in [5, 5.41) is 2.69. The number of ether oxygens (including phenoxy) is 2. The Morgan fingerprint density at radius 2 is 2.10 bits per heavy atom. The number of nitrogens with one attached hydrogen (secondary N) is 1. The van der Waals surface area contributed by atoms with Gasteiger partial charge in [0.15, 0.2) is 9.84 Å². The Hall–Kier alpha value is -1.11. The second kappa shape index (κ2) is 6.11. The molecule has 0 saturated heterocycles. The highest BCUT2D eigenvalue weighted by molar-refractivity contribution is 7.92. The third-order valence-electron chi connectivity index (χ3n) is 3.83. The van der Waals surface area contributed by atoms with Gasteiger partial charge in [-0.15, -0.1) is 0 Å². The lowest BCUT2D eigenvalue weighted by Gasteiger charge is -2.20. The minimum Gasteiger partial charge on any atom is -0.497 e. The first-order valence-electron chi connectivity index (χ1n) is 6.58. The number of sulfone groups is 1. The molecule has 1 aromatic rings. The third-order valence-corrected chi connectivity index (χ3v) is 5.92. The van der Waals surface area contributed by atoms with E-state index in [2.05, 4.69) is 5.32 Å². The average Bonchev–Trinajstić information content (AvgIpc) is 2.83. The molecule has 0 amide bonds. The molecule has 1 aromatic carbocycles. The molecule has 0 aliphatic heterocycles. The third kappa shape index (κ3) is 2.82. The highest BCUT2D eigenvalue weighted by Crippen LogP contribution is 2.37. The molecule has 2 unspecified atom stereocenters. The van der Waals surface area contributed by atoms with Crippen molar-refractivity contribution in [3.8, 4) is 5.75 Å². The molecular weight excluding hydrogens is 278 g/mol. The van der Waals surface area contributed by atoms with E-state index in [4.69, 9.17) is 9.47 Å². The van der Waals surface area contributed by atoms with Crippen LogP contribution in [0.1, 0.15) is 17.2 Å². The van der Waals surface area contributed by atoms with Crippen LogP contribution >= 0.6 is 0 Å². The van der Waals surface area contributed by atoms with Crippen LogP contribution in [0.5, 0.6) is 5.75 Å². The Bertz CT molecular complexity index is 571. The summed E-state index contributed by atoms with van der Waals surface area (Å²) >= 11 is 0. The van der Waals surface area contributed by atoms with Gasteiger partial charge in [0.1, 0.15) is 5.75 Å². The summed E-state index contributed by atoms with van der Waals surface area (Å²) in [7, 11) is 1.71. The number of fused-ring (bicyclic) bond motifs is 1. The van der Waals surface area contributed by atoms with Gasteiger partial charge >= 0.3 is 0 Å².